The van der Waals surface area contributed by atoms with Crippen molar-refractivity contribution in [2.75, 3.05) is 0 Å². The molecule has 0 amide bonds. The van der Waals surface area contributed by atoms with E-state index in [9.17, 15) is 4.79 Å². The number of rotatable bonds is 5. The van der Waals surface area contributed by atoms with Crippen LogP contribution in [0.2, 0.25) is 0 Å². The van der Waals surface area contributed by atoms with Gasteiger partial charge in [-0.3, -0.25) is 4.79 Å². The Kier molecular flexibility index (Phi) is 6.67. The standard InChI is InChI=1S/C22H29N3O/c1-17(11-12-20-19(3)10-7-13-22(20,4)5)8-6-9-18(2)14-21(26)25-16-23-15-24-25/h6,8-9,11-12,14-16H,7,10,13H2,1-5H3/b9-6+,12-11+,17-8-,18-14+. The molecule has 4 heteroatoms. The number of allylic oxidation sites excluding steroid dienone is 10. The minimum Gasteiger partial charge on any atom is -0.267 e. The highest BCUT2D eigenvalue weighted by Gasteiger charge is 2.26. The molecule has 26 heavy (non-hydrogen) atoms. The zero-order valence-electron chi connectivity index (χ0n) is 16.5. The number of hydrogen-bond acceptors (Lipinski definition) is 3. The van der Waals surface area contributed by atoms with E-state index < -0.39 is 0 Å². The van der Waals surface area contributed by atoms with Gasteiger partial charge in [0, 0.05) is 6.08 Å². The van der Waals surface area contributed by atoms with E-state index in [1.54, 1.807) is 6.08 Å². The summed E-state index contributed by atoms with van der Waals surface area (Å²) in [4.78, 5) is 15.7. The number of hydrogen-bond donors (Lipinski definition) is 0. The van der Waals surface area contributed by atoms with E-state index in [-0.39, 0.29) is 11.3 Å². The Hall–Kier alpha value is -2.49. The van der Waals surface area contributed by atoms with Crippen LogP contribution in [0.5, 0.6) is 0 Å². The van der Waals surface area contributed by atoms with Crippen LogP contribution in [0.3, 0.4) is 0 Å². The Bertz CT molecular complexity index is 787. The molecule has 0 N–H and O–H groups in total. The van der Waals surface area contributed by atoms with E-state index in [1.807, 2.05) is 19.1 Å². The lowest BCUT2D eigenvalue weighted by molar-refractivity contribution is 0.0953. The highest BCUT2D eigenvalue weighted by Crippen LogP contribution is 2.40. The van der Waals surface area contributed by atoms with Gasteiger partial charge in [0.2, 0.25) is 0 Å². The van der Waals surface area contributed by atoms with Crippen molar-refractivity contribution in [3.8, 4) is 0 Å². The second-order valence-corrected chi connectivity index (χ2v) is 7.60. The Labute approximate surface area is 156 Å². The first kappa shape index (κ1) is 19.8. The van der Waals surface area contributed by atoms with E-state index in [0.29, 0.717) is 0 Å². The van der Waals surface area contributed by atoms with Gasteiger partial charge in [-0.1, -0.05) is 55.4 Å². The molecule has 0 radical (unpaired) electrons. The summed E-state index contributed by atoms with van der Waals surface area (Å²) < 4.78 is 1.21. The van der Waals surface area contributed by atoms with Crippen LogP contribution in [-0.4, -0.2) is 20.7 Å². The first-order valence-corrected chi connectivity index (χ1v) is 9.10. The summed E-state index contributed by atoms with van der Waals surface area (Å²) in [5, 5.41) is 3.83. The SMILES string of the molecule is CC1=C(/C=C/C(C)=C\C=C\C(C)=C\C(=O)n2cncn2)C(C)(C)CCC1. The van der Waals surface area contributed by atoms with E-state index in [4.69, 9.17) is 0 Å². The quantitative estimate of drug-likeness (QED) is 0.523. The summed E-state index contributed by atoms with van der Waals surface area (Å²) in [6, 6.07) is 0. The molecule has 1 aliphatic rings. The van der Waals surface area contributed by atoms with Crippen molar-refractivity contribution >= 4 is 5.91 Å². The second kappa shape index (κ2) is 8.75. The number of aromatic nitrogens is 3. The Morgan fingerprint density at radius 3 is 2.65 bits per heavy atom. The molecule has 0 aromatic carbocycles. The lowest BCUT2D eigenvalue weighted by Crippen LogP contribution is -2.19. The molecule has 0 unspecified atom stereocenters. The van der Waals surface area contributed by atoms with Crippen LogP contribution in [0, 0.1) is 5.41 Å². The first-order chi connectivity index (χ1) is 12.3. The van der Waals surface area contributed by atoms with Crippen molar-refractivity contribution in [3.63, 3.8) is 0 Å². The first-order valence-electron chi connectivity index (χ1n) is 9.10. The van der Waals surface area contributed by atoms with Crippen LogP contribution in [0.4, 0.5) is 0 Å². The molecule has 2 rings (SSSR count). The fourth-order valence-electron chi connectivity index (χ4n) is 3.26. The number of nitrogens with zero attached hydrogens (tertiary/aromatic N) is 3. The molecule has 1 aliphatic carbocycles. The Morgan fingerprint density at radius 1 is 1.23 bits per heavy atom. The Morgan fingerprint density at radius 2 is 2.00 bits per heavy atom. The largest absolute Gasteiger partial charge is 0.272 e. The molecular weight excluding hydrogens is 322 g/mol. The zero-order valence-corrected chi connectivity index (χ0v) is 16.5. The molecule has 0 bridgehead atoms. The average Bonchev–Trinajstić information content (AvgIpc) is 3.08. The van der Waals surface area contributed by atoms with Crippen molar-refractivity contribution in [1.82, 2.24) is 14.8 Å². The van der Waals surface area contributed by atoms with Gasteiger partial charge in [0.15, 0.2) is 0 Å². The van der Waals surface area contributed by atoms with Gasteiger partial charge in [0.05, 0.1) is 0 Å². The fraction of sp³-hybridized carbons (Fsp3) is 0.409. The van der Waals surface area contributed by atoms with Gasteiger partial charge in [0.1, 0.15) is 12.7 Å². The summed E-state index contributed by atoms with van der Waals surface area (Å²) in [6.45, 7) is 10.9. The van der Waals surface area contributed by atoms with Gasteiger partial charge in [0.25, 0.3) is 5.91 Å². The lowest BCUT2D eigenvalue weighted by atomic mass is 9.72. The third-order valence-electron chi connectivity index (χ3n) is 4.77. The molecule has 0 saturated heterocycles. The van der Waals surface area contributed by atoms with Gasteiger partial charge in [-0.25, -0.2) is 4.98 Å². The molecule has 0 fully saturated rings. The van der Waals surface area contributed by atoms with Gasteiger partial charge in [-0.15, -0.1) is 0 Å². The molecule has 1 heterocycles. The molecule has 1 aromatic heterocycles. The maximum Gasteiger partial charge on any atom is 0.272 e. The molecule has 0 atom stereocenters. The van der Waals surface area contributed by atoms with E-state index >= 15 is 0 Å². The zero-order chi connectivity index (χ0) is 19.2. The average molecular weight is 351 g/mol. The van der Waals surface area contributed by atoms with Gasteiger partial charge >= 0.3 is 0 Å². The maximum absolute atomic E-state index is 11.9. The smallest absolute Gasteiger partial charge is 0.267 e. The normalized spacial score (nSPS) is 19.0. The van der Waals surface area contributed by atoms with E-state index in [1.165, 1.54) is 53.3 Å². The van der Waals surface area contributed by atoms with Crippen molar-refractivity contribution in [2.24, 2.45) is 5.41 Å². The van der Waals surface area contributed by atoms with E-state index in [0.717, 1.165) is 5.57 Å². The number of carbonyl (C=O) groups excluding carboxylic acids is 1. The predicted molar refractivity (Wildman–Crippen MR) is 107 cm³/mol. The molecule has 1 aromatic rings. The summed E-state index contributed by atoms with van der Waals surface area (Å²) in [6.07, 6.45) is 18.4. The molecule has 0 spiro atoms. The van der Waals surface area contributed by atoms with Crippen LogP contribution >= 0.6 is 0 Å². The summed E-state index contributed by atoms with van der Waals surface area (Å²) in [5.41, 5.74) is 5.28. The van der Waals surface area contributed by atoms with Crippen molar-refractivity contribution in [2.45, 2.75) is 53.9 Å². The van der Waals surface area contributed by atoms with Crippen molar-refractivity contribution < 1.29 is 4.79 Å². The number of carbonyl (C=O) groups is 1. The van der Waals surface area contributed by atoms with Crippen LogP contribution in [0.25, 0.3) is 0 Å². The molecule has 138 valence electrons. The van der Waals surface area contributed by atoms with Gasteiger partial charge < -0.3 is 0 Å². The highest BCUT2D eigenvalue weighted by molar-refractivity contribution is 5.89. The van der Waals surface area contributed by atoms with Crippen LogP contribution in [0.1, 0.15) is 58.7 Å². The minimum atomic E-state index is -0.202. The maximum atomic E-state index is 11.9. The topological polar surface area (TPSA) is 47.8 Å². The van der Waals surface area contributed by atoms with Crippen molar-refractivity contribution in [1.29, 1.82) is 0 Å². The fourth-order valence-corrected chi connectivity index (χ4v) is 3.26. The molecule has 0 aliphatic heterocycles. The lowest BCUT2D eigenvalue weighted by Gasteiger charge is -2.32. The summed E-state index contributed by atoms with van der Waals surface area (Å²) >= 11 is 0. The van der Waals surface area contributed by atoms with E-state index in [2.05, 4.69) is 56.0 Å². The second-order valence-electron chi connectivity index (χ2n) is 7.60. The molecule has 4 nitrogen and oxygen atoms in total. The minimum absolute atomic E-state index is 0.202. The Balaban J connectivity index is 2.01. The van der Waals surface area contributed by atoms with Gasteiger partial charge in [-0.2, -0.15) is 9.78 Å². The van der Waals surface area contributed by atoms with Gasteiger partial charge in [-0.05, 0) is 56.6 Å². The predicted octanol–water partition coefficient (Wildman–Crippen LogP) is 5.45. The molecular formula is C22H29N3O. The van der Waals surface area contributed by atoms with Crippen LogP contribution in [-0.2, 0) is 0 Å². The third-order valence-corrected chi connectivity index (χ3v) is 4.77. The molecule has 0 saturated carbocycles. The highest BCUT2D eigenvalue weighted by atomic mass is 16.2. The third kappa shape index (κ3) is 5.51. The van der Waals surface area contributed by atoms with Crippen LogP contribution < -0.4 is 0 Å². The van der Waals surface area contributed by atoms with Crippen LogP contribution in [0.15, 0.2) is 71.4 Å². The summed E-state index contributed by atoms with van der Waals surface area (Å²) in [5.74, 6) is -0.202. The summed E-state index contributed by atoms with van der Waals surface area (Å²) in [7, 11) is 0. The van der Waals surface area contributed by atoms with Crippen molar-refractivity contribution in [3.05, 3.63) is 71.4 Å². The monoisotopic (exact) mass is 351 g/mol.